The van der Waals surface area contributed by atoms with Gasteiger partial charge in [-0.15, -0.1) is 0 Å². The standard InChI is InChI=1S/C24H24ClF3N6O2S.C2HF3O2/c25-21-20(33-11-2-9-29-10-12-33)14-30-34(22(21)35)15-16-5-7-17(8-6-16)31-23(36)32-18-3-1-4-19(13-18)37-24(26,27)28;3-2(4,5)1(6)7/h1,3-8,13-14,29H,2,9-12,15H2,(H2,31,32,36);(H,6,7). The highest BCUT2D eigenvalue weighted by molar-refractivity contribution is 8.00. The van der Waals surface area contributed by atoms with Crippen molar-refractivity contribution in [2.45, 2.75) is 29.5 Å². The van der Waals surface area contributed by atoms with Crippen LogP contribution in [0.25, 0.3) is 0 Å². The molecule has 0 bridgehead atoms. The van der Waals surface area contributed by atoms with E-state index < -0.39 is 23.7 Å². The fourth-order valence-electron chi connectivity index (χ4n) is 3.81. The normalized spacial score (nSPS) is 13.8. The number of carboxylic acids is 1. The van der Waals surface area contributed by atoms with Gasteiger partial charge in [0.05, 0.1) is 18.4 Å². The summed E-state index contributed by atoms with van der Waals surface area (Å²) in [4.78, 5) is 36.0. The van der Waals surface area contributed by atoms with Gasteiger partial charge in [0.1, 0.15) is 5.02 Å². The first-order valence-electron chi connectivity index (χ1n) is 12.7. The number of hydrogen-bond acceptors (Lipinski definition) is 7. The smallest absolute Gasteiger partial charge is 0.475 e. The number of rotatable bonds is 6. The number of carbonyl (C=O) groups excluding carboxylic acids is 1. The Labute approximate surface area is 255 Å². The number of benzene rings is 2. The van der Waals surface area contributed by atoms with Crippen molar-refractivity contribution in [3.8, 4) is 0 Å². The summed E-state index contributed by atoms with van der Waals surface area (Å²) in [6.07, 6.45) is -2.53. The van der Waals surface area contributed by atoms with E-state index in [0.717, 1.165) is 38.2 Å². The summed E-state index contributed by atoms with van der Waals surface area (Å²) in [7, 11) is 0. The Morgan fingerprint density at radius 3 is 2.30 bits per heavy atom. The lowest BCUT2D eigenvalue weighted by Gasteiger charge is -2.23. The van der Waals surface area contributed by atoms with Gasteiger partial charge in [0.25, 0.3) is 5.56 Å². The summed E-state index contributed by atoms with van der Waals surface area (Å²) in [5.74, 6) is -2.76. The first-order chi connectivity index (χ1) is 20.6. The van der Waals surface area contributed by atoms with E-state index in [-0.39, 0.29) is 39.5 Å². The van der Waals surface area contributed by atoms with Crippen LogP contribution in [0.2, 0.25) is 5.02 Å². The summed E-state index contributed by atoms with van der Waals surface area (Å²) in [6.45, 7) is 3.44. The van der Waals surface area contributed by atoms with Crippen LogP contribution < -0.4 is 26.4 Å². The maximum absolute atomic E-state index is 12.8. The number of thioether (sulfide) groups is 1. The molecule has 1 aromatic heterocycles. The highest BCUT2D eigenvalue weighted by Gasteiger charge is 2.38. The minimum absolute atomic E-state index is 0.0323. The van der Waals surface area contributed by atoms with E-state index in [1.807, 2.05) is 0 Å². The summed E-state index contributed by atoms with van der Waals surface area (Å²) >= 11 is 6.14. The number of hydrogen-bond donors (Lipinski definition) is 4. The van der Waals surface area contributed by atoms with E-state index in [0.29, 0.717) is 11.4 Å². The summed E-state index contributed by atoms with van der Waals surface area (Å²) in [5, 5.41) is 20.0. The van der Waals surface area contributed by atoms with E-state index in [2.05, 4.69) is 25.9 Å². The van der Waals surface area contributed by atoms with Crippen molar-refractivity contribution in [2.75, 3.05) is 41.7 Å². The SMILES string of the molecule is O=C(Nc1ccc(Cn2ncc(N3CCCNCC3)c(Cl)c2=O)cc1)Nc1cccc(SC(F)(F)F)c1.O=C(O)C(F)(F)F. The third-order valence-corrected chi connectivity index (χ3v) is 6.84. The Hall–Kier alpha value is -3.96. The van der Waals surface area contributed by atoms with Crippen LogP contribution in [-0.2, 0) is 11.3 Å². The highest BCUT2D eigenvalue weighted by atomic mass is 35.5. The van der Waals surface area contributed by atoms with Crippen LogP contribution in [0, 0.1) is 0 Å². The van der Waals surface area contributed by atoms with Crippen LogP contribution >= 0.6 is 23.4 Å². The second kappa shape index (κ2) is 15.2. The number of aliphatic carboxylic acids is 1. The predicted octanol–water partition coefficient (Wildman–Crippen LogP) is 5.63. The summed E-state index contributed by atoms with van der Waals surface area (Å²) in [6, 6.07) is 11.6. The first-order valence-corrected chi connectivity index (χ1v) is 13.9. The molecular formula is C26H25ClF6N6O4S. The van der Waals surface area contributed by atoms with Crippen LogP contribution in [-0.4, -0.2) is 64.8 Å². The zero-order valence-electron chi connectivity index (χ0n) is 22.5. The second-order valence-corrected chi connectivity index (χ2v) is 10.6. The first kappa shape index (κ1) is 34.5. The Bertz CT molecular complexity index is 1500. The number of nitrogens with zero attached hydrogens (tertiary/aromatic N) is 3. The van der Waals surface area contributed by atoms with Gasteiger partial charge < -0.3 is 26.0 Å². The third-order valence-electron chi connectivity index (χ3n) is 5.76. The van der Waals surface area contributed by atoms with Gasteiger partial charge in [-0.3, -0.25) is 4.79 Å². The Morgan fingerprint density at radius 2 is 1.66 bits per heavy atom. The largest absolute Gasteiger partial charge is 0.490 e. The van der Waals surface area contributed by atoms with Gasteiger partial charge in [-0.2, -0.15) is 31.4 Å². The lowest BCUT2D eigenvalue weighted by atomic mass is 10.2. The van der Waals surface area contributed by atoms with Gasteiger partial charge in [0.15, 0.2) is 0 Å². The zero-order valence-corrected chi connectivity index (χ0v) is 24.1. The molecule has 3 aromatic rings. The summed E-state index contributed by atoms with van der Waals surface area (Å²) < 4.78 is 70.7. The predicted molar refractivity (Wildman–Crippen MR) is 153 cm³/mol. The molecule has 1 saturated heterocycles. The van der Waals surface area contributed by atoms with Crippen LogP contribution in [0.15, 0.2) is 64.4 Å². The van der Waals surface area contributed by atoms with Crippen molar-refractivity contribution < 1.29 is 41.0 Å². The number of alkyl halides is 6. The second-order valence-electron chi connectivity index (χ2n) is 9.05. The van der Waals surface area contributed by atoms with E-state index in [9.17, 15) is 35.9 Å². The fourth-order valence-corrected chi connectivity index (χ4v) is 4.67. The van der Waals surface area contributed by atoms with Crippen molar-refractivity contribution in [2.24, 2.45) is 0 Å². The quantitative estimate of drug-likeness (QED) is 0.197. The van der Waals surface area contributed by atoms with Gasteiger partial charge in [0, 0.05) is 35.9 Å². The number of nitrogens with one attached hydrogen (secondary N) is 3. The molecule has 1 fully saturated rings. The molecule has 2 heterocycles. The van der Waals surface area contributed by atoms with Gasteiger partial charge in [0.2, 0.25) is 0 Å². The molecule has 0 saturated carbocycles. The molecule has 44 heavy (non-hydrogen) atoms. The number of carbonyl (C=O) groups is 2. The maximum atomic E-state index is 12.8. The van der Waals surface area contributed by atoms with E-state index >= 15 is 0 Å². The van der Waals surface area contributed by atoms with Crippen LogP contribution in [0.4, 0.5) is 48.2 Å². The van der Waals surface area contributed by atoms with Gasteiger partial charge >= 0.3 is 23.7 Å². The minimum atomic E-state index is -5.08. The lowest BCUT2D eigenvalue weighted by Crippen LogP contribution is -2.32. The van der Waals surface area contributed by atoms with Gasteiger partial charge in [-0.05, 0) is 60.6 Å². The third kappa shape index (κ3) is 10.9. The topological polar surface area (TPSA) is 129 Å². The number of amides is 2. The minimum Gasteiger partial charge on any atom is -0.475 e. The van der Waals surface area contributed by atoms with Crippen molar-refractivity contribution >= 4 is 52.4 Å². The molecule has 238 valence electrons. The molecule has 18 heteroatoms. The lowest BCUT2D eigenvalue weighted by molar-refractivity contribution is -0.192. The fraction of sp³-hybridized carbons (Fsp3) is 0.308. The number of anilines is 3. The molecular weight excluding hydrogens is 642 g/mol. The molecule has 0 aliphatic carbocycles. The Balaban J connectivity index is 0.000000676. The number of halogens is 7. The molecule has 2 aromatic carbocycles. The number of urea groups is 1. The molecule has 0 atom stereocenters. The molecule has 4 rings (SSSR count). The molecule has 4 N–H and O–H groups in total. The average Bonchev–Trinajstić information content (AvgIpc) is 3.21. The molecule has 1 aliphatic heterocycles. The molecule has 0 spiro atoms. The van der Waals surface area contributed by atoms with Crippen molar-refractivity contribution in [3.63, 3.8) is 0 Å². The number of aromatic nitrogens is 2. The average molecular weight is 667 g/mol. The Kier molecular flexibility index (Phi) is 11.9. The molecule has 0 unspecified atom stereocenters. The summed E-state index contributed by atoms with van der Waals surface area (Å²) in [5.41, 5.74) is -2.72. The van der Waals surface area contributed by atoms with Crippen molar-refractivity contribution in [1.29, 1.82) is 0 Å². The van der Waals surface area contributed by atoms with Crippen molar-refractivity contribution in [1.82, 2.24) is 15.1 Å². The molecule has 1 aliphatic rings. The number of carboxylic acid groups (broad SMARTS) is 1. The Morgan fingerprint density at radius 1 is 1.00 bits per heavy atom. The van der Waals surface area contributed by atoms with E-state index in [1.54, 1.807) is 30.5 Å². The van der Waals surface area contributed by atoms with E-state index in [4.69, 9.17) is 21.5 Å². The zero-order chi connectivity index (χ0) is 32.5. The van der Waals surface area contributed by atoms with Crippen LogP contribution in [0.3, 0.4) is 0 Å². The highest BCUT2D eigenvalue weighted by Crippen LogP contribution is 2.37. The van der Waals surface area contributed by atoms with Crippen LogP contribution in [0.1, 0.15) is 12.0 Å². The molecule has 0 radical (unpaired) electrons. The van der Waals surface area contributed by atoms with Gasteiger partial charge in [-0.25, -0.2) is 14.3 Å². The van der Waals surface area contributed by atoms with Crippen molar-refractivity contribution in [3.05, 3.63) is 75.7 Å². The maximum Gasteiger partial charge on any atom is 0.490 e. The van der Waals surface area contributed by atoms with E-state index in [1.165, 1.54) is 28.9 Å². The van der Waals surface area contributed by atoms with Gasteiger partial charge in [-0.1, -0.05) is 29.8 Å². The molecule has 10 nitrogen and oxygen atoms in total. The molecule has 2 amide bonds. The monoisotopic (exact) mass is 666 g/mol. The van der Waals surface area contributed by atoms with Crippen LogP contribution in [0.5, 0.6) is 0 Å².